The van der Waals surface area contributed by atoms with Crippen LogP contribution in [0, 0.1) is 23.0 Å². The molecule has 0 aromatic heterocycles. The van der Waals surface area contributed by atoms with Crippen molar-refractivity contribution in [2.45, 2.75) is 0 Å². The highest BCUT2D eigenvalue weighted by Crippen LogP contribution is 2.13. The molecule has 9 heteroatoms. The summed E-state index contributed by atoms with van der Waals surface area (Å²) in [5.41, 5.74) is 3.16. The third-order valence-corrected chi connectivity index (χ3v) is 4.10. The Balaban J connectivity index is 1.48. The summed E-state index contributed by atoms with van der Waals surface area (Å²) in [6.07, 6.45) is 1.35. The molecule has 2 amide bonds. The van der Waals surface area contributed by atoms with E-state index in [0.717, 1.165) is 6.07 Å². The molecule has 0 spiro atoms. The molecule has 2 N–H and O–H groups in total. The average molecular weight is 434 g/mol. The fourth-order valence-electron chi connectivity index (χ4n) is 2.52. The predicted molar refractivity (Wildman–Crippen MR) is 113 cm³/mol. The molecule has 3 aromatic rings. The quantitative estimate of drug-likeness (QED) is 0.438. The van der Waals surface area contributed by atoms with Crippen LogP contribution in [0.15, 0.2) is 71.8 Å². The van der Waals surface area contributed by atoms with E-state index in [9.17, 15) is 18.4 Å². The molecular weight excluding hydrogens is 418 g/mol. The highest BCUT2D eigenvalue weighted by molar-refractivity contribution is 5.95. The zero-order chi connectivity index (χ0) is 22.9. The maximum Gasteiger partial charge on any atom is 0.274 e. The van der Waals surface area contributed by atoms with Gasteiger partial charge in [-0.1, -0.05) is 0 Å². The summed E-state index contributed by atoms with van der Waals surface area (Å²) >= 11 is 0. The van der Waals surface area contributed by atoms with Gasteiger partial charge in [0.2, 0.25) is 0 Å². The summed E-state index contributed by atoms with van der Waals surface area (Å²) in [4.78, 5) is 23.9. The zero-order valence-electron chi connectivity index (χ0n) is 16.5. The van der Waals surface area contributed by atoms with E-state index in [1.54, 1.807) is 30.3 Å². The van der Waals surface area contributed by atoms with Gasteiger partial charge in [-0.15, -0.1) is 0 Å². The Morgan fingerprint density at radius 3 is 2.41 bits per heavy atom. The summed E-state index contributed by atoms with van der Waals surface area (Å²) in [7, 11) is 0. The zero-order valence-corrected chi connectivity index (χ0v) is 16.5. The van der Waals surface area contributed by atoms with Crippen LogP contribution in [0.5, 0.6) is 5.75 Å². The second kappa shape index (κ2) is 10.4. The van der Waals surface area contributed by atoms with Crippen LogP contribution < -0.4 is 15.5 Å². The lowest BCUT2D eigenvalue weighted by atomic mass is 10.1. The van der Waals surface area contributed by atoms with Gasteiger partial charge in [0.05, 0.1) is 23.4 Å². The first kappa shape index (κ1) is 22.1. The number of anilines is 1. The molecule has 0 atom stereocenters. The molecule has 0 heterocycles. The van der Waals surface area contributed by atoms with E-state index in [1.165, 1.54) is 42.6 Å². The lowest BCUT2D eigenvalue weighted by Gasteiger charge is -2.07. The Bertz CT molecular complexity index is 1190. The van der Waals surface area contributed by atoms with E-state index in [4.69, 9.17) is 10.00 Å². The number of nitriles is 1. The molecule has 3 rings (SSSR count). The van der Waals surface area contributed by atoms with Crippen molar-refractivity contribution in [3.63, 3.8) is 0 Å². The summed E-state index contributed by atoms with van der Waals surface area (Å²) in [6, 6.07) is 17.1. The van der Waals surface area contributed by atoms with Gasteiger partial charge in [0.1, 0.15) is 17.4 Å². The number of carbonyl (C=O) groups excluding carboxylic acids is 2. The third kappa shape index (κ3) is 6.21. The van der Waals surface area contributed by atoms with Gasteiger partial charge in [0.25, 0.3) is 11.8 Å². The Morgan fingerprint density at radius 2 is 1.75 bits per heavy atom. The van der Waals surface area contributed by atoms with Crippen molar-refractivity contribution in [1.29, 1.82) is 5.26 Å². The smallest absolute Gasteiger partial charge is 0.274 e. The van der Waals surface area contributed by atoms with Crippen molar-refractivity contribution in [3.8, 4) is 11.8 Å². The first-order valence-electron chi connectivity index (χ1n) is 9.26. The van der Waals surface area contributed by atoms with Gasteiger partial charge in [0.15, 0.2) is 6.61 Å². The third-order valence-electron chi connectivity index (χ3n) is 4.10. The molecule has 0 bridgehead atoms. The second-order valence-electron chi connectivity index (χ2n) is 6.42. The Kier molecular flexibility index (Phi) is 7.22. The lowest BCUT2D eigenvalue weighted by Crippen LogP contribution is -2.20. The van der Waals surface area contributed by atoms with Gasteiger partial charge in [-0.05, 0) is 72.3 Å². The van der Waals surface area contributed by atoms with E-state index in [1.807, 2.05) is 0 Å². The van der Waals surface area contributed by atoms with Crippen molar-refractivity contribution < 1.29 is 23.1 Å². The van der Waals surface area contributed by atoms with Crippen LogP contribution >= 0.6 is 0 Å². The van der Waals surface area contributed by atoms with Crippen LogP contribution in [0.3, 0.4) is 0 Å². The number of hydrogen-bond acceptors (Lipinski definition) is 5. The molecule has 0 unspecified atom stereocenters. The van der Waals surface area contributed by atoms with Crippen LogP contribution in [-0.2, 0) is 4.79 Å². The average Bonchev–Trinajstić information content (AvgIpc) is 2.80. The van der Waals surface area contributed by atoms with Gasteiger partial charge in [-0.3, -0.25) is 9.59 Å². The molecule has 7 nitrogen and oxygen atoms in total. The molecule has 0 saturated heterocycles. The fourth-order valence-corrected chi connectivity index (χ4v) is 2.52. The van der Waals surface area contributed by atoms with Crippen molar-refractivity contribution in [2.24, 2.45) is 5.10 Å². The van der Waals surface area contributed by atoms with E-state index in [2.05, 4.69) is 15.8 Å². The first-order valence-corrected chi connectivity index (χ1v) is 9.26. The second-order valence-corrected chi connectivity index (χ2v) is 6.42. The van der Waals surface area contributed by atoms with Crippen LogP contribution in [0.4, 0.5) is 14.5 Å². The number of halogens is 2. The SMILES string of the molecule is N#Cc1ccc(C(=O)N/N=C\c2ccc(OCC(=O)Nc3ccc(F)cc3)cc2)c(F)c1. The topological polar surface area (TPSA) is 104 Å². The molecule has 0 aliphatic rings. The molecule has 0 saturated carbocycles. The molecule has 32 heavy (non-hydrogen) atoms. The molecule has 0 radical (unpaired) electrons. The summed E-state index contributed by atoms with van der Waals surface area (Å²) in [6.45, 7) is -0.239. The first-order chi connectivity index (χ1) is 15.4. The van der Waals surface area contributed by atoms with Gasteiger partial charge in [0, 0.05) is 5.69 Å². The molecular formula is C23H16F2N4O3. The molecule has 160 valence electrons. The highest BCUT2D eigenvalue weighted by Gasteiger charge is 2.11. The number of nitrogens with zero attached hydrogens (tertiary/aromatic N) is 2. The monoisotopic (exact) mass is 434 g/mol. The Hall–Kier alpha value is -4.58. The summed E-state index contributed by atoms with van der Waals surface area (Å²) in [5.74, 6) is -1.94. The number of hydrogen-bond donors (Lipinski definition) is 2. The van der Waals surface area contributed by atoms with E-state index in [-0.39, 0.29) is 17.7 Å². The number of nitrogens with one attached hydrogen (secondary N) is 2. The van der Waals surface area contributed by atoms with Crippen LogP contribution in [0.25, 0.3) is 0 Å². The minimum absolute atomic E-state index is 0.109. The van der Waals surface area contributed by atoms with Crippen LogP contribution in [0.1, 0.15) is 21.5 Å². The predicted octanol–water partition coefficient (Wildman–Crippen LogP) is 3.62. The molecule has 3 aromatic carbocycles. The number of ether oxygens (including phenoxy) is 1. The number of carbonyl (C=O) groups is 2. The number of amides is 2. The van der Waals surface area contributed by atoms with Gasteiger partial charge in [-0.25, -0.2) is 14.2 Å². The van der Waals surface area contributed by atoms with Crippen molar-refractivity contribution in [3.05, 3.63) is 95.1 Å². The number of rotatable bonds is 7. The largest absolute Gasteiger partial charge is 0.484 e. The minimum atomic E-state index is -0.818. The molecule has 0 fully saturated rings. The van der Waals surface area contributed by atoms with Gasteiger partial charge < -0.3 is 10.1 Å². The fraction of sp³-hybridized carbons (Fsp3) is 0.0435. The van der Waals surface area contributed by atoms with Crippen molar-refractivity contribution >= 4 is 23.7 Å². The normalized spacial score (nSPS) is 10.4. The lowest BCUT2D eigenvalue weighted by molar-refractivity contribution is -0.118. The Morgan fingerprint density at radius 1 is 1.03 bits per heavy atom. The van der Waals surface area contributed by atoms with Gasteiger partial charge >= 0.3 is 0 Å². The van der Waals surface area contributed by atoms with E-state index < -0.39 is 23.4 Å². The van der Waals surface area contributed by atoms with E-state index >= 15 is 0 Å². The maximum absolute atomic E-state index is 13.8. The summed E-state index contributed by atoms with van der Waals surface area (Å²) < 4.78 is 32.1. The van der Waals surface area contributed by atoms with Crippen LogP contribution in [-0.4, -0.2) is 24.6 Å². The highest BCUT2D eigenvalue weighted by atomic mass is 19.1. The number of benzene rings is 3. The summed E-state index contributed by atoms with van der Waals surface area (Å²) in [5, 5.41) is 15.1. The molecule has 0 aliphatic carbocycles. The van der Waals surface area contributed by atoms with E-state index in [0.29, 0.717) is 17.0 Å². The van der Waals surface area contributed by atoms with Crippen molar-refractivity contribution in [1.82, 2.24) is 5.43 Å². The maximum atomic E-state index is 13.8. The molecule has 0 aliphatic heterocycles. The standard InChI is InChI=1S/C23H16F2N4O3/c24-17-4-6-18(7-5-17)28-22(30)14-32-19-8-1-15(2-9-19)13-27-29-23(31)20-10-3-16(12-26)11-21(20)25/h1-11,13H,14H2,(H,28,30)(H,29,31)/b27-13-. The van der Waals surface area contributed by atoms with Crippen LogP contribution in [0.2, 0.25) is 0 Å². The van der Waals surface area contributed by atoms with Crippen molar-refractivity contribution in [2.75, 3.05) is 11.9 Å². The number of hydrazone groups is 1. The minimum Gasteiger partial charge on any atom is -0.484 e. The van der Waals surface area contributed by atoms with Gasteiger partial charge in [-0.2, -0.15) is 10.4 Å². The Labute approximate surface area is 181 Å².